The second-order valence-corrected chi connectivity index (χ2v) is 8.25. The van der Waals surface area contributed by atoms with E-state index in [-0.39, 0.29) is 11.7 Å². The number of nitrogens with one attached hydrogen (secondary N) is 2. The first kappa shape index (κ1) is 22.6. The van der Waals surface area contributed by atoms with E-state index in [0.29, 0.717) is 22.2 Å². The molecule has 31 heavy (non-hydrogen) atoms. The molecule has 0 radical (unpaired) electrons. The van der Waals surface area contributed by atoms with Crippen molar-refractivity contribution in [2.24, 2.45) is 0 Å². The fourth-order valence-corrected chi connectivity index (χ4v) is 2.90. The summed E-state index contributed by atoms with van der Waals surface area (Å²) in [4.78, 5) is 28.3. The fourth-order valence-electron chi connectivity index (χ4n) is 2.64. The summed E-state index contributed by atoms with van der Waals surface area (Å²) >= 11 is 11.8. The van der Waals surface area contributed by atoms with E-state index in [0.717, 1.165) is 5.56 Å². The summed E-state index contributed by atoms with van der Waals surface area (Å²) in [6, 6.07) is 12.6. The zero-order chi connectivity index (χ0) is 22.6. The number of halogens is 2. The van der Waals surface area contributed by atoms with E-state index in [1.54, 1.807) is 36.4 Å². The Morgan fingerprint density at radius 1 is 1.06 bits per heavy atom. The average Bonchev–Trinajstić information content (AvgIpc) is 3.22. The van der Waals surface area contributed by atoms with Crippen LogP contribution < -0.4 is 10.6 Å². The lowest BCUT2D eigenvalue weighted by atomic mass is 9.94. The number of aromatic nitrogens is 2. The van der Waals surface area contributed by atoms with Gasteiger partial charge in [0.2, 0.25) is 5.89 Å². The van der Waals surface area contributed by atoms with Gasteiger partial charge in [-0.2, -0.15) is 4.98 Å². The van der Waals surface area contributed by atoms with Crippen molar-refractivity contribution in [1.82, 2.24) is 15.5 Å². The lowest BCUT2D eigenvalue weighted by molar-refractivity contribution is -0.143. The van der Waals surface area contributed by atoms with Crippen LogP contribution in [0, 0.1) is 0 Å². The normalized spacial score (nSPS) is 12.3. The summed E-state index contributed by atoms with van der Waals surface area (Å²) in [6.07, 6.45) is 0.331. The molecule has 3 rings (SSSR count). The molecule has 0 aliphatic carbocycles. The number of hydrogen-bond donors (Lipinski definition) is 3. The molecule has 162 valence electrons. The largest absolute Gasteiger partial charge is 0.480 e. The van der Waals surface area contributed by atoms with Crippen LogP contribution in [0.5, 0.6) is 0 Å². The minimum absolute atomic E-state index is 0.0592. The molecular formula is C21H20Cl2N4O4. The molecule has 3 aromatic rings. The van der Waals surface area contributed by atoms with Gasteiger partial charge in [0, 0.05) is 22.2 Å². The van der Waals surface area contributed by atoms with Crippen LogP contribution in [0.25, 0.3) is 0 Å². The zero-order valence-electron chi connectivity index (χ0n) is 16.7. The van der Waals surface area contributed by atoms with E-state index in [1.807, 2.05) is 12.1 Å². The van der Waals surface area contributed by atoms with Crippen LogP contribution >= 0.6 is 23.2 Å². The van der Waals surface area contributed by atoms with Crippen molar-refractivity contribution in [1.29, 1.82) is 0 Å². The lowest BCUT2D eigenvalue weighted by Crippen LogP contribution is -2.34. The summed E-state index contributed by atoms with van der Waals surface area (Å²) in [5.74, 6) is -1.01. The topological polar surface area (TPSA) is 117 Å². The maximum atomic E-state index is 12.6. The summed E-state index contributed by atoms with van der Waals surface area (Å²) in [7, 11) is 0. The highest BCUT2D eigenvalue weighted by molar-refractivity contribution is 6.30. The molecule has 3 N–H and O–H groups in total. The Labute approximate surface area is 188 Å². The number of carbonyl (C=O) groups excluding carboxylic acids is 1. The Hall–Kier alpha value is -3.10. The summed E-state index contributed by atoms with van der Waals surface area (Å²) in [5.41, 5.74) is 0.0414. The predicted molar refractivity (Wildman–Crippen MR) is 116 cm³/mol. The van der Waals surface area contributed by atoms with Crippen LogP contribution in [0.2, 0.25) is 10.0 Å². The van der Waals surface area contributed by atoms with Gasteiger partial charge in [0.05, 0.1) is 6.04 Å². The molecule has 10 heteroatoms. The van der Waals surface area contributed by atoms with E-state index in [4.69, 9.17) is 27.7 Å². The number of carboxylic acids is 1. The van der Waals surface area contributed by atoms with Gasteiger partial charge in [-0.3, -0.25) is 4.79 Å². The van der Waals surface area contributed by atoms with Crippen molar-refractivity contribution >= 4 is 40.9 Å². The second kappa shape index (κ2) is 9.36. The van der Waals surface area contributed by atoms with Gasteiger partial charge in [-0.25, -0.2) is 4.79 Å². The highest BCUT2D eigenvalue weighted by Gasteiger charge is 2.37. The zero-order valence-corrected chi connectivity index (χ0v) is 18.2. The molecule has 8 nitrogen and oxygen atoms in total. The molecule has 1 heterocycles. The monoisotopic (exact) mass is 462 g/mol. The highest BCUT2D eigenvalue weighted by Crippen LogP contribution is 2.25. The number of urea groups is 1. The standard InChI is InChI=1S/C21H20Cl2N4O4/c1-21(2,19(28)29)18-26-17(27-31-18)16(11-12-3-5-13(22)6-4-12)25-20(30)24-15-9-7-14(23)8-10-15/h3-10,16H,11H2,1-2H3,(H,28,29)(H2,24,25,30)/t16-/m0/s1. The van der Waals surface area contributed by atoms with Crippen LogP contribution in [0.15, 0.2) is 53.1 Å². The summed E-state index contributed by atoms with van der Waals surface area (Å²) < 4.78 is 5.19. The number of anilines is 1. The van der Waals surface area contributed by atoms with Gasteiger partial charge in [-0.15, -0.1) is 0 Å². The number of hydrogen-bond acceptors (Lipinski definition) is 5. The number of benzene rings is 2. The maximum absolute atomic E-state index is 12.6. The number of carbonyl (C=O) groups is 2. The predicted octanol–water partition coefficient (Wildman–Crippen LogP) is 4.84. The van der Waals surface area contributed by atoms with Crippen LogP contribution in [0.1, 0.15) is 37.2 Å². The Bertz CT molecular complexity index is 1070. The highest BCUT2D eigenvalue weighted by atomic mass is 35.5. The second-order valence-electron chi connectivity index (χ2n) is 7.38. The maximum Gasteiger partial charge on any atom is 0.319 e. The van der Waals surface area contributed by atoms with Gasteiger partial charge < -0.3 is 20.3 Å². The SMILES string of the molecule is CC(C)(C(=O)O)c1nc([C@H](Cc2ccc(Cl)cc2)NC(=O)Nc2ccc(Cl)cc2)no1. The Morgan fingerprint density at radius 3 is 2.23 bits per heavy atom. The molecule has 0 unspecified atom stereocenters. The van der Waals surface area contributed by atoms with Gasteiger partial charge >= 0.3 is 12.0 Å². The lowest BCUT2D eigenvalue weighted by Gasteiger charge is -2.17. The van der Waals surface area contributed by atoms with Gasteiger partial charge in [-0.1, -0.05) is 40.5 Å². The van der Waals surface area contributed by atoms with Crippen LogP contribution in [0.4, 0.5) is 10.5 Å². The molecule has 0 spiro atoms. The van der Waals surface area contributed by atoms with E-state index in [9.17, 15) is 14.7 Å². The molecule has 1 aromatic heterocycles. The Morgan fingerprint density at radius 2 is 1.65 bits per heavy atom. The molecule has 0 saturated carbocycles. The molecule has 0 fully saturated rings. The number of amides is 2. The van der Waals surface area contributed by atoms with Crippen molar-refractivity contribution in [2.45, 2.75) is 31.7 Å². The minimum atomic E-state index is -1.37. The van der Waals surface area contributed by atoms with E-state index < -0.39 is 23.5 Å². The van der Waals surface area contributed by atoms with Crippen molar-refractivity contribution in [3.05, 3.63) is 75.9 Å². The molecule has 2 aromatic carbocycles. The third-order valence-corrected chi connectivity index (χ3v) is 5.09. The molecule has 2 amide bonds. The van der Waals surface area contributed by atoms with Gasteiger partial charge in [0.15, 0.2) is 5.82 Å². The fraction of sp³-hybridized carbons (Fsp3) is 0.238. The van der Waals surface area contributed by atoms with E-state index in [2.05, 4.69) is 20.8 Å². The summed E-state index contributed by atoms with van der Waals surface area (Å²) in [6.45, 7) is 2.92. The first-order valence-corrected chi connectivity index (χ1v) is 10.1. The molecule has 0 bridgehead atoms. The molecule has 0 aliphatic heterocycles. The molecular weight excluding hydrogens is 443 g/mol. The first-order valence-electron chi connectivity index (χ1n) is 9.30. The first-order chi connectivity index (χ1) is 14.6. The number of rotatable bonds is 7. The summed E-state index contributed by atoms with van der Waals surface area (Å²) in [5, 5.41) is 20.0. The molecule has 0 aliphatic rings. The smallest absolute Gasteiger partial charge is 0.319 e. The van der Waals surface area contributed by atoms with Crippen molar-refractivity contribution < 1.29 is 19.2 Å². The van der Waals surface area contributed by atoms with Crippen molar-refractivity contribution in [3.8, 4) is 0 Å². The number of nitrogens with zero attached hydrogens (tertiary/aromatic N) is 2. The number of carboxylic acid groups (broad SMARTS) is 1. The van der Waals surface area contributed by atoms with Crippen LogP contribution in [0.3, 0.4) is 0 Å². The molecule has 0 saturated heterocycles. The van der Waals surface area contributed by atoms with Crippen LogP contribution in [-0.2, 0) is 16.6 Å². The average molecular weight is 463 g/mol. The minimum Gasteiger partial charge on any atom is -0.480 e. The Balaban J connectivity index is 1.83. The third kappa shape index (κ3) is 5.74. The van der Waals surface area contributed by atoms with E-state index in [1.165, 1.54) is 13.8 Å². The quantitative estimate of drug-likeness (QED) is 0.462. The number of aliphatic carboxylic acids is 1. The van der Waals surface area contributed by atoms with Crippen LogP contribution in [-0.4, -0.2) is 27.2 Å². The van der Waals surface area contributed by atoms with Gasteiger partial charge in [-0.05, 0) is 55.8 Å². The van der Waals surface area contributed by atoms with E-state index >= 15 is 0 Å². The Kier molecular flexibility index (Phi) is 6.82. The molecule has 1 atom stereocenters. The third-order valence-electron chi connectivity index (χ3n) is 4.58. The van der Waals surface area contributed by atoms with Crippen molar-refractivity contribution in [2.75, 3.05) is 5.32 Å². The van der Waals surface area contributed by atoms with Gasteiger partial charge in [0.25, 0.3) is 0 Å². The van der Waals surface area contributed by atoms with Gasteiger partial charge in [0.1, 0.15) is 5.41 Å². The van der Waals surface area contributed by atoms with Crippen molar-refractivity contribution in [3.63, 3.8) is 0 Å².